The second kappa shape index (κ2) is 7.98. The van der Waals surface area contributed by atoms with Crippen LogP contribution in [0.25, 0.3) is 0 Å². The highest BCUT2D eigenvalue weighted by Crippen LogP contribution is 1.87. The standard InChI is InChI=1S/C8H17O3/c1-8(2)11-7-6-10-5-3-4-9/h8H,3-7H2,1-2H3. The average Bonchev–Trinajstić information content (AvgIpc) is 1.96. The zero-order valence-corrected chi connectivity index (χ0v) is 7.34. The van der Waals surface area contributed by atoms with Crippen molar-refractivity contribution in [2.24, 2.45) is 0 Å². The second-order valence-corrected chi connectivity index (χ2v) is 2.59. The van der Waals surface area contributed by atoms with Gasteiger partial charge in [0.25, 0.3) is 0 Å². The van der Waals surface area contributed by atoms with Gasteiger partial charge in [0.1, 0.15) is 0 Å². The molecule has 0 aliphatic carbocycles. The minimum atomic E-state index is -0.0506. The van der Waals surface area contributed by atoms with E-state index in [9.17, 15) is 5.11 Å². The second-order valence-electron chi connectivity index (χ2n) is 2.59. The Balaban J connectivity index is 2.80. The fourth-order valence-electron chi connectivity index (χ4n) is 0.606. The predicted molar refractivity (Wildman–Crippen MR) is 42.1 cm³/mol. The number of hydrogen-bond acceptors (Lipinski definition) is 2. The van der Waals surface area contributed by atoms with Crippen LogP contribution in [0.1, 0.15) is 20.3 Å². The molecule has 3 nitrogen and oxygen atoms in total. The highest BCUT2D eigenvalue weighted by Gasteiger charge is 1.92. The number of hydrogen-bond donors (Lipinski definition) is 0. The molecule has 0 aliphatic rings. The third-order valence-electron chi connectivity index (χ3n) is 1.11. The SMILES string of the molecule is CC(C)OCCOCCC[O]. The molecule has 0 rings (SSSR count). The fourth-order valence-corrected chi connectivity index (χ4v) is 0.606. The fraction of sp³-hybridized carbons (Fsp3) is 1.00. The summed E-state index contributed by atoms with van der Waals surface area (Å²) >= 11 is 0. The van der Waals surface area contributed by atoms with Gasteiger partial charge in [0.05, 0.1) is 25.9 Å². The van der Waals surface area contributed by atoms with Crippen molar-refractivity contribution in [3.8, 4) is 0 Å². The number of ether oxygens (including phenoxy) is 2. The van der Waals surface area contributed by atoms with E-state index in [1.54, 1.807) is 0 Å². The normalized spacial score (nSPS) is 10.9. The summed E-state index contributed by atoms with van der Waals surface area (Å²) in [6.45, 7) is 5.69. The van der Waals surface area contributed by atoms with Gasteiger partial charge >= 0.3 is 0 Å². The van der Waals surface area contributed by atoms with Crippen molar-refractivity contribution >= 4 is 0 Å². The van der Waals surface area contributed by atoms with Gasteiger partial charge in [-0.1, -0.05) is 0 Å². The largest absolute Gasteiger partial charge is 0.379 e. The molecule has 0 aromatic rings. The average molecular weight is 161 g/mol. The van der Waals surface area contributed by atoms with E-state index < -0.39 is 0 Å². The van der Waals surface area contributed by atoms with Crippen molar-refractivity contribution in [3.63, 3.8) is 0 Å². The molecule has 0 bridgehead atoms. The number of rotatable bonds is 7. The van der Waals surface area contributed by atoms with Crippen LogP contribution in [0, 0.1) is 0 Å². The first-order valence-corrected chi connectivity index (χ1v) is 4.05. The molecule has 0 saturated carbocycles. The van der Waals surface area contributed by atoms with Crippen LogP contribution >= 0.6 is 0 Å². The first kappa shape index (κ1) is 10.9. The van der Waals surface area contributed by atoms with E-state index in [1.807, 2.05) is 13.8 Å². The summed E-state index contributed by atoms with van der Waals surface area (Å²) in [4.78, 5) is 0. The lowest BCUT2D eigenvalue weighted by atomic mass is 10.5. The molecule has 0 N–H and O–H groups in total. The Morgan fingerprint density at radius 1 is 1.18 bits per heavy atom. The Morgan fingerprint density at radius 2 is 1.91 bits per heavy atom. The molecule has 0 spiro atoms. The molecule has 0 aromatic heterocycles. The van der Waals surface area contributed by atoms with Crippen molar-refractivity contribution in [2.45, 2.75) is 26.4 Å². The highest BCUT2D eigenvalue weighted by molar-refractivity contribution is 4.37. The predicted octanol–water partition coefficient (Wildman–Crippen LogP) is 1.25. The van der Waals surface area contributed by atoms with Gasteiger partial charge in [0.2, 0.25) is 0 Å². The van der Waals surface area contributed by atoms with E-state index in [1.165, 1.54) is 0 Å². The van der Waals surface area contributed by atoms with E-state index in [0.717, 1.165) is 0 Å². The lowest BCUT2D eigenvalue weighted by Gasteiger charge is -2.06. The summed E-state index contributed by atoms with van der Waals surface area (Å²) in [6.07, 6.45) is 0.861. The lowest BCUT2D eigenvalue weighted by molar-refractivity contribution is 0.0142. The van der Waals surface area contributed by atoms with Crippen molar-refractivity contribution in [1.29, 1.82) is 0 Å². The minimum Gasteiger partial charge on any atom is -0.379 e. The van der Waals surface area contributed by atoms with E-state index in [0.29, 0.717) is 26.2 Å². The summed E-state index contributed by atoms with van der Waals surface area (Å²) in [5.41, 5.74) is 0. The molecule has 0 amide bonds. The van der Waals surface area contributed by atoms with Crippen molar-refractivity contribution < 1.29 is 14.6 Å². The molecule has 3 heteroatoms. The maximum absolute atomic E-state index is 9.96. The van der Waals surface area contributed by atoms with Crippen LogP contribution in [0.3, 0.4) is 0 Å². The molecule has 67 valence electrons. The highest BCUT2D eigenvalue weighted by atomic mass is 16.5. The first-order chi connectivity index (χ1) is 5.27. The van der Waals surface area contributed by atoms with Gasteiger partial charge in [-0.15, -0.1) is 0 Å². The van der Waals surface area contributed by atoms with Gasteiger partial charge in [-0.2, -0.15) is 0 Å². The van der Waals surface area contributed by atoms with Gasteiger partial charge in [0.15, 0.2) is 0 Å². The quantitative estimate of drug-likeness (QED) is 0.527. The Bertz CT molecular complexity index is 73.7. The van der Waals surface area contributed by atoms with Gasteiger partial charge in [-0.05, 0) is 20.3 Å². The van der Waals surface area contributed by atoms with E-state index >= 15 is 0 Å². The minimum absolute atomic E-state index is 0.0506. The van der Waals surface area contributed by atoms with Crippen molar-refractivity contribution in [3.05, 3.63) is 0 Å². The summed E-state index contributed by atoms with van der Waals surface area (Å²) in [5.74, 6) is 0. The smallest absolute Gasteiger partial charge is 0.0844 e. The summed E-state index contributed by atoms with van der Waals surface area (Å²) in [5, 5.41) is 9.96. The summed E-state index contributed by atoms with van der Waals surface area (Å²) < 4.78 is 10.3. The van der Waals surface area contributed by atoms with Crippen LogP contribution in [0.5, 0.6) is 0 Å². The summed E-state index contributed by atoms with van der Waals surface area (Å²) in [7, 11) is 0. The molecule has 11 heavy (non-hydrogen) atoms. The van der Waals surface area contributed by atoms with Crippen LogP contribution in [-0.4, -0.2) is 32.5 Å². The maximum atomic E-state index is 9.96. The summed E-state index contributed by atoms with van der Waals surface area (Å²) in [6, 6.07) is 0. The third kappa shape index (κ3) is 9.88. The Kier molecular flexibility index (Phi) is 7.89. The molecular formula is C8H17O3. The Morgan fingerprint density at radius 3 is 2.45 bits per heavy atom. The molecule has 0 unspecified atom stereocenters. The molecule has 0 atom stereocenters. The zero-order chi connectivity index (χ0) is 8.53. The van der Waals surface area contributed by atoms with Crippen LogP contribution in [0.15, 0.2) is 0 Å². The lowest BCUT2D eigenvalue weighted by Crippen LogP contribution is -2.10. The Labute approximate surface area is 68.3 Å². The van der Waals surface area contributed by atoms with E-state index in [4.69, 9.17) is 9.47 Å². The van der Waals surface area contributed by atoms with E-state index in [-0.39, 0.29) is 12.7 Å². The molecule has 0 aliphatic heterocycles. The van der Waals surface area contributed by atoms with E-state index in [2.05, 4.69) is 0 Å². The monoisotopic (exact) mass is 161 g/mol. The topological polar surface area (TPSA) is 38.4 Å². The van der Waals surface area contributed by atoms with Gasteiger partial charge < -0.3 is 9.47 Å². The third-order valence-corrected chi connectivity index (χ3v) is 1.11. The van der Waals surface area contributed by atoms with Gasteiger partial charge in [-0.25, -0.2) is 5.11 Å². The zero-order valence-electron chi connectivity index (χ0n) is 7.34. The Hall–Kier alpha value is -0.120. The van der Waals surface area contributed by atoms with Gasteiger partial charge in [0, 0.05) is 6.61 Å². The molecular weight excluding hydrogens is 144 g/mol. The molecule has 0 saturated heterocycles. The van der Waals surface area contributed by atoms with Crippen molar-refractivity contribution in [1.82, 2.24) is 0 Å². The van der Waals surface area contributed by atoms with Crippen LogP contribution < -0.4 is 0 Å². The molecule has 0 aromatic carbocycles. The van der Waals surface area contributed by atoms with Crippen LogP contribution in [0.2, 0.25) is 0 Å². The first-order valence-electron chi connectivity index (χ1n) is 4.05. The molecule has 0 heterocycles. The molecule has 0 fully saturated rings. The van der Waals surface area contributed by atoms with Gasteiger partial charge in [-0.3, -0.25) is 0 Å². The van der Waals surface area contributed by atoms with Crippen LogP contribution in [0.4, 0.5) is 0 Å². The maximum Gasteiger partial charge on any atom is 0.0844 e. The molecule has 1 radical (unpaired) electrons. The van der Waals surface area contributed by atoms with Crippen LogP contribution in [-0.2, 0) is 14.6 Å². The van der Waals surface area contributed by atoms with Crippen molar-refractivity contribution in [2.75, 3.05) is 26.4 Å².